The topological polar surface area (TPSA) is 46.2 Å². The lowest BCUT2D eigenvalue weighted by Crippen LogP contribution is -2.40. The summed E-state index contributed by atoms with van der Waals surface area (Å²) in [5, 5.41) is 4.65. The van der Waals surface area contributed by atoms with E-state index in [0.29, 0.717) is 16.5 Å². The number of hydrogen-bond donors (Lipinski definition) is 1. The van der Waals surface area contributed by atoms with Gasteiger partial charge in [0.25, 0.3) is 0 Å². The van der Waals surface area contributed by atoms with Crippen LogP contribution in [0, 0.1) is 11.8 Å². The molecule has 0 heterocycles. The third-order valence-electron chi connectivity index (χ3n) is 6.87. The van der Waals surface area contributed by atoms with E-state index in [1.807, 2.05) is 78.9 Å². The third kappa shape index (κ3) is 6.08. The van der Waals surface area contributed by atoms with Crippen molar-refractivity contribution in [1.29, 1.82) is 0 Å². The third-order valence-corrected chi connectivity index (χ3v) is 7.38. The second-order valence-electron chi connectivity index (χ2n) is 9.22. The molecule has 0 spiro atoms. The summed E-state index contributed by atoms with van der Waals surface area (Å²) in [6.45, 7) is 2.05. The summed E-state index contributed by atoms with van der Waals surface area (Å²) in [7, 11) is 0. The van der Waals surface area contributed by atoms with Gasteiger partial charge in [-0.1, -0.05) is 77.8 Å². The van der Waals surface area contributed by atoms with Crippen LogP contribution in [0.2, 0.25) is 10.0 Å². The molecule has 1 aliphatic carbocycles. The largest absolute Gasteiger partial charge is 0.353 e. The summed E-state index contributed by atoms with van der Waals surface area (Å²) in [6, 6.07) is 24.9. The van der Waals surface area contributed by atoms with Crippen LogP contribution >= 0.6 is 23.2 Å². The fraction of sp³-hybridized carbons (Fsp3) is 0.310. The molecule has 0 radical (unpaired) electrons. The molecule has 3 aromatic carbocycles. The smallest absolute Gasteiger partial charge is 0.223 e. The lowest BCUT2D eigenvalue weighted by atomic mass is 9.86. The zero-order chi connectivity index (χ0) is 24.1. The minimum atomic E-state index is -0.137. The number of carbonyl (C=O) groups excluding carboxylic acids is 2. The van der Waals surface area contributed by atoms with E-state index >= 15 is 0 Å². The number of rotatable bonds is 8. The Labute approximate surface area is 211 Å². The number of hydrogen-bond acceptors (Lipinski definition) is 2. The van der Waals surface area contributed by atoms with Crippen LogP contribution in [0.1, 0.15) is 53.6 Å². The highest BCUT2D eigenvalue weighted by molar-refractivity contribution is 6.30. The van der Waals surface area contributed by atoms with Gasteiger partial charge in [-0.15, -0.1) is 0 Å². The van der Waals surface area contributed by atoms with Crippen molar-refractivity contribution in [2.24, 2.45) is 11.8 Å². The van der Waals surface area contributed by atoms with E-state index < -0.39 is 0 Å². The predicted octanol–water partition coefficient (Wildman–Crippen LogP) is 7.12. The summed E-state index contributed by atoms with van der Waals surface area (Å²) in [4.78, 5) is 26.0. The highest BCUT2D eigenvalue weighted by atomic mass is 35.5. The SMILES string of the molecule is CC(NC(=O)C1CCC(C(=O)c2ccccc2)C1)C(Cc1ccc(Cl)cc1)c1ccc(Cl)cc1. The molecule has 0 aromatic heterocycles. The number of halogens is 2. The molecule has 1 aliphatic rings. The molecular weight excluding hydrogens is 465 g/mol. The Morgan fingerprint density at radius 2 is 1.44 bits per heavy atom. The van der Waals surface area contributed by atoms with E-state index in [9.17, 15) is 9.59 Å². The molecule has 4 unspecified atom stereocenters. The lowest BCUT2D eigenvalue weighted by Gasteiger charge is -2.27. The maximum absolute atomic E-state index is 13.2. The van der Waals surface area contributed by atoms with E-state index in [2.05, 4.69) is 12.2 Å². The van der Waals surface area contributed by atoms with Crippen molar-refractivity contribution >= 4 is 34.9 Å². The van der Waals surface area contributed by atoms with Gasteiger partial charge in [-0.3, -0.25) is 9.59 Å². The van der Waals surface area contributed by atoms with Crippen LogP contribution in [0.3, 0.4) is 0 Å². The molecule has 1 amide bonds. The van der Waals surface area contributed by atoms with E-state index in [0.717, 1.165) is 36.0 Å². The number of carbonyl (C=O) groups is 2. The van der Waals surface area contributed by atoms with Crippen molar-refractivity contribution in [2.45, 2.75) is 44.6 Å². The minimum Gasteiger partial charge on any atom is -0.353 e. The maximum Gasteiger partial charge on any atom is 0.223 e. The fourth-order valence-electron chi connectivity index (χ4n) is 4.91. The summed E-state index contributed by atoms with van der Waals surface area (Å²) in [6.07, 6.45) is 2.87. The molecule has 3 nitrogen and oxygen atoms in total. The molecule has 4 atom stereocenters. The molecule has 176 valence electrons. The second-order valence-corrected chi connectivity index (χ2v) is 10.1. The molecule has 5 heteroatoms. The van der Waals surface area contributed by atoms with Gasteiger partial charge in [0.05, 0.1) is 0 Å². The zero-order valence-corrected chi connectivity index (χ0v) is 20.7. The van der Waals surface area contributed by atoms with Gasteiger partial charge >= 0.3 is 0 Å². The molecule has 3 aromatic rings. The summed E-state index contributed by atoms with van der Waals surface area (Å²) in [5.74, 6) is 0.0262. The Balaban J connectivity index is 1.43. The Morgan fingerprint density at radius 3 is 2.09 bits per heavy atom. The van der Waals surface area contributed by atoms with Crippen LogP contribution < -0.4 is 5.32 Å². The lowest BCUT2D eigenvalue weighted by molar-refractivity contribution is -0.125. The molecule has 4 rings (SSSR count). The van der Waals surface area contributed by atoms with Gasteiger partial charge in [0, 0.05) is 39.4 Å². The Morgan fingerprint density at radius 1 is 0.853 bits per heavy atom. The number of Topliss-reactive ketones (excluding diaryl/α,β-unsaturated/α-hetero) is 1. The highest BCUT2D eigenvalue weighted by Gasteiger charge is 2.35. The van der Waals surface area contributed by atoms with Crippen molar-refractivity contribution in [1.82, 2.24) is 5.32 Å². The molecular formula is C29H29Cl2NO2. The first-order chi connectivity index (χ1) is 16.4. The standard InChI is InChI=1S/C29H29Cl2NO2/c1-19(27(21-11-15-26(31)16-12-21)17-20-7-13-25(30)14-8-20)32-29(34)24-10-9-23(18-24)28(33)22-5-3-2-4-6-22/h2-8,11-16,19,23-24,27H,9-10,17-18H2,1H3,(H,32,34). The molecule has 1 saturated carbocycles. The average Bonchev–Trinajstić information content (AvgIpc) is 3.35. The average molecular weight is 494 g/mol. The van der Waals surface area contributed by atoms with Crippen molar-refractivity contribution in [3.63, 3.8) is 0 Å². The van der Waals surface area contributed by atoms with Crippen LogP contribution in [-0.4, -0.2) is 17.7 Å². The monoisotopic (exact) mass is 493 g/mol. The Kier molecular flexibility index (Phi) is 8.07. The molecule has 34 heavy (non-hydrogen) atoms. The zero-order valence-electron chi connectivity index (χ0n) is 19.2. The quantitative estimate of drug-likeness (QED) is 0.339. The van der Waals surface area contributed by atoms with Crippen LogP contribution in [-0.2, 0) is 11.2 Å². The van der Waals surface area contributed by atoms with Crippen LogP contribution in [0.4, 0.5) is 0 Å². The molecule has 1 N–H and O–H groups in total. The normalized spacial score (nSPS) is 19.4. The Bertz CT molecular complexity index is 1110. The van der Waals surface area contributed by atoms with E-state index in [1.54, 1.807) is 0 Å². The molecule has 0 aliphatic heterocycles. The van der Waals surface area contributed by atoms with Gasteiger partial charge in [0.1, 0.15) is 0 Å². The first kappa shape index (κ1) is 24.5. The highest BCUT2D eigenvalue weighted by Crippen LogP contribution is 2.34. The summed E-state index contributed by atoms with van der Waals surface area (Å²) < 4.78 is 0. The van der Waals surface area contributed by atoms with E-state index in [-0.39, 0.29) is 35.5 Å². The first-order valence-electron chi connectivity index (χ1n) is 11.8. The van der Waals surface area contributed by atoms with Crippen molar-refractivity contribution < 1.29 is 9.59 Å². The van der Waals surface area contributed by atoms with Gasteiger partial charge in [-0.25, -0.2) is 0 Å². The van der Waals surface area contributed by atoms with Crippen LogP contribution in [0.5, 0.6) is 0 Å². The second kappa shape index (κ2) is 11.2. The maximum atomic E-state index is 13.2. The van der Waals surface area contributed by atoms with Gasteiger partial charge in [0.2, 0.25) is 5.91 Å². The number of benzene rings is 3. The van der Waals surface area contributed by atoms with Crippen LogP contribution in [0.15, 0.2) is 78.9 Å². The number of ketones is 1. The van der Waals surface area contributed by atoms with Crippen molar-refractivity contribution in [2.75, 3.05) is 0 Å². The first-order valence-corrected chi connectivity index (χ1v) is 12.6. The van der Waals surface area contributed by atoms with Gasteiger partial charge in [0.15, 0.2) is 5.78 Å². The van der Waals surface area contributed by atoms with Gasteiger partial charge < -0.3 is 5.32 Å². The minimum absolute atomic E-state index is 0.0333. The molecule has 0 bridgehead atoms. The van der Waals surface area contributed by atoms with Crippen molar-refractivity contribution in [3.8, 4) is 0 Å². The van der Waals surface area contributed by atoms with Gasteiger partial charge in [-0.05, 0) is 68.0 Å². The summed E-state index contributed by atoms with van der Waals surface area (Å²) in [5.41, 5.74) is 3.00. The van der Waals surface area contributed by atoms with E-state index in [1.165, 1.54) is 0 Å². The number of nitrogens with one attached hydrogen (secondary N) is 1. The van der Waals surface area contributed by atoms with Crippen molar-refractivity contribution in [3.05, 3.63) is 106 Å². The van der Waals surface area contributed by atoms with Gasteiger partial charge in [-0.2, -0.15) is 0 Å². The van der Waals surface area contributed by atoms with Crippen LogP contribution in [0.25, 0.3) is 0 Å². The predicted molar refractivity (Wildman–Crippen MR) is 139 cm³/mol. The fourth-order valence-corrected chi connectivity index (χ4v) is 5.16. The number of amides is 1. The van der Waals surface area contributed by atoms with E-state index in [4.69, 9.17) is 23.2 Å². The molecule has 0 saturated heterocycles. The Hall–Kier alpha value is -2.62. The molecule has 1 fully saturated rings. The summed E-state index contributed by atoms with van der Waals surface area (Å²) >= 11 is 12.2.